The Hall–Kier alpha value is -0.570. The van der Waals surface area contributed by atoms with Gasteiger partial charge in [-0.25, -0.2) is 0 Å². The van der Waals surface area contributed by atoms with E-state index >= 15 is 0 Å². The summed E-state index contributed by atoms with van der Waals surface area (Å²) in [6.07, 6.45) is 0. The van der Waals surface area contributed by atoms with E-state index in [9.17, 15) is 4.79 Å². The van der Waals surface area contributed by atoms with Gasteiger partial charge in [-0.3, -0.25) is 4.79 Å². The van der Waals surface area contributed by atoms with Crippen LogP contribution in [0.3, 0.4) is 0 Å². The number of amides is 1. The molecule has 0 aromatic carbocycles. The lowest BCUT2D eigenvalue weighted by Crippen LogP contribution is -2.35. The van der Waals surface area contributed by atoms with Crippen LogP contribution in [0.25, 0.3) is 0 Å². The zero-order valence-corrected chi connectivity index (χ0v) is 7.85. The molecule has 0 aromatic rings. The van der Waals surface area contributed by atoms with Crippen molar-refractivity contribution in [3.8, 4) is 0 Å². The van der Waals surface area contributed by atoms with Crippen molar-refractivity contribution in [3.63, 3.8) is 0 Å². The summed E-state index contributed by atoms with van der Waals surface area (Å²) in [5.74, 6) is 0.317. The van der Waals surface area contributed by atoms with Gasteiger partial charge in [0.2, 0.25) is 5.91 Å². The molecule has 0 fully saturated rings. The second kappa shape index (κ2) is 5.13. The Morgan fingerprint density at radius 3 is 2.45 bits per heavy atom. The zero-order chi connectivity index (χ0) is 8.85. The summed E-state index contributed by atoms with van der Waals surface area (Å²) in [6, 6.07) is 0. The summed E-state index contributed by atoms with van der Waals surface area (Å²) < 4.78 is 0. The summed E-state index contributed by atoms with van der Waals surface area (Å²) in [7, 11) is 3.72. The van der Waals surface area contributed by atoms with Gasteiger partial charge in [0.1, 0.15) is 0 Å². The second-order valence-corrected chi connectivity index (χ2v) is 3.02. The summed E-state index contributed by atoms with van der Waals surface area (Å²) in [5.41, 5.74) is 0. The van der Waals surface area contributed by atoms with Crippen LogP contribution in [-0.2, 0) is 4.79 Å². The van der Waals surface area contributed by atoms with Gasteiger partial charge in [0.05, 0.1) is 0 Å². The number of hydrogen-bond acceptors (Lipinski definition) is 2. The maximum atomic E-state index is 11.2. The Bertz CT molecular complexity index is 123. The van der Waals surface area contributed by atoms with Crippen LogP contribution in [0.4, 0.5) is 0 Å². The Labute approximate surface area is 68.8 Å². The van der Waals surface area contributed by atoms with Crippen LogP contribution in [0, 0.1) is 5.92 Å². The number of rotatable bonds is 4. The first-order valence-corrected chi connectivity index (χ1v) is 3.99. The Morgan fingerprint density at radius 1 is 1.55 bits per heavy atom. The Balaban J connectivity index is 3.64. The summed E-state index contributed by atoms with van der Waals surface area (Å²) in [5, 5.41) is 3.00. The molecule has 0 spiro atoms. The molecule has 3 heteroatoms. The number of carbonyl (C=O) groups excluding carboxylic acids is 1. The molecule has 11 heavy (non-hydrogen) atoms. The second-order valence-electron chi connectivity index (χ2n) is 3.02. The first kappa shape index (κ1) is 10.4. The molecule has 0 heterocycles. The fourth-order valence-electron chi connectivity index (χ4n) is 0.830. The van der Waals surface area contributed by atoms with Crippen LogP contribution in [-0.4, -0.2) is 38.0 Å². The van der Waals surface area contributed by atoms with E-state index in [-0.39, 0.29) is 11.8 Å². The number of nitrogens with one attached hydrogen (secondary N) is 1. The molecule has 0 aromatic heterocycles. The van der Waals surface area contributed by atoms with E-state index in [1.807, 2.05) is 27.9 Å². The van der Waals surface area contributed by atoms with E-state index in [0.717, 1.165) is 13.1 Å². The molecule has 1 N–H and O–H groups in total. The molecule has 0 radical (unpaired) electrons. The molecule has 0 aliphatic rings. The van der Waals surface area contributed by atoms with E-state index < -0.39 is 0 Å². The highest BCUT2D eigenvalue weighted by molar-refractivity contribution is 5.77. The van der Waals surface area contributed by atoms with E-state index in [4.69, 9.17) is 0 Å². The Morgan fingerprint density at radius 2 is 2.09 bits per heavy atom. The topological polar surface area (TPSA) is 32.3 Å². The summed E-state index contributed by atoms with van der Waals surface area (Å²) in [6.45, 7) is 5.47. The molecule has 0 unspecified atom stereocenters. The number of likely N-dealkylation sites (N-methyl/N-ethyl adjacent to an activating group) is 2. The highest BCUT2D eigenvalue weighted by atomic mass is 16.2. The predicted molar refractivity (Wildman–Crippen MR) is 46.4 cm³/mol. The van der Waals surface area contributed by atoms with Crippen LogP contribution < -0.4 is 5.32 Å². The highest BCUT2D eigenvalue weighted by Crippen LogP contribution is 1.97. The van der Waals surface area contributed by atoms with Gasteiger partial charge in [0, 0.05) is 26.1 Å². The van der Waals surface area contributed by atoms with Gasteiger partial charge in [-0.2, -0.15) is 0 Å². The number of hydrogen-bond donors (Lipinski definition) is 1. The van der Waals surface area contributed by atoms with Crippen LogP contribution in [0.5, 0.6) is 0 Å². The van der Waals surface area contributed by atoms with Gasteiger partial charge in [0.25, 0.3) is 0 Å². The van der Waals surface area contributed by atoms with Crippen molar-refractivity contribution in [2.45, 2.75) is 13.8 Å². The first-order valence-electron chi connectivity index (χ1n) is 3.99. The lowest BCUT2D eigenvalue weighted by atomic mass is 10.2. The molecule has 0 atom stereocenters. The molecule has 0 rings (SSSR count). The van der Waals surface area contributed by atoms with Crippen molar-refractivity contribution in [3.05, 3.63) is 0 Å². The van der Waals surface area contributed by atoms with Gasteiger partial charge in [-0.1, -0.05) is 13.8 Å². The van der Waals surface area contributed by atoms with E-state index in [2.05, 4.69) is 5.32 Å². The molecule has 0 aliphatic carbocycles. The molecule has 0 bridgehead atoms. The fraction of sp³-hybridized carbons (Fsp3) is 0.875. The SMILES string of the molecule is CNCCN(C)C(=O)C(C)C. The van der Waals surface area contributed by atoms with E-state index in [1.165, 1.54) is 0 Å². The molecule has 0 aliphatic heterocycles. The van der Waals surface area contributed by atoms with Crippen molar-refractivity contribution >= 4 is 5.91 Å². The minimum atomic E-state index is 0.108. The van der Waals surface area contributed by atoms with Gasteiger partial charge < -0.3 is 10.2 Å². The van der Waals surface area contributed by atoms with Crippen molar-refractivity contribution < 1.29 is 4.79 Å². The van der Waals surface area contributed by atoms with E-state index in [1.54, 1.807) is 4.90 Å². The quantitative estimate of drug-likeness (QED) is 0.639. The van der Waals surface area contributed by atoms with Crippen LogP contribution >= 0.6 is 0 Å². The molecule has 66 valence electrons. The normalized spacial score (nSPS) is 10.3. The maximum Gasteiger partial charge on any atom is 0.224 e. The predicted octanol–water partition coefficient (Wildman–Crippen LogP) is 0.320. The van der Waals surface area contributed by atoms with Crippen LogP contribution in [0.2, 0.25) is 0 Å². The highest BCUT2D eigenvalue weighted by Gasteiger charge is 2.11. The first-order chi connectivity index (χ1) is 5.09. The largest absolute Gasteiger partial charge is 0.344 e. The Kier molecular flexibility index (Phi) is 4.86. The minimum Gasteiger partial charge on any atom is -0.344 e. The van der Waals surface area contributed by atoms with Gasteiger partial charge in [-0.05, 0) is 7.05 Å². The third kappa shape index (κ3) is 3.98. The fourth-order valence-corrected chi connectivity index (χ4v) is 0.830. The molecular formula is C8H18N2O. The van der Waals surface area contributed by atoms with Crippen molar-refractivity contribution in [1.29, 1.82) is 0 Å². The van der Waals surface area contributed by atoms with E-state index in [0.29, 0.717) is 0 Å². The average Bonchev–Trinajstić information content (AvgIpc) is 1.98. The monoisotopic (exact) mass is 158 g/mol. The minimum absolute atomic E-state index is 0.108. The van der Waals surface area contributed by atoms with Crippen molar-refractivity contribution in [2.75, 3.05) is 27.2 Å². The average molecular weight is 158 g/mol. The molecule has 1 amide bonds. The van der Waals surface area contributed by atoms with Gasteiger partial charge >= 0.3 is 0 Å². The summed E-state index contributed by atoms with van der Waals surface area (Å²) >= 11 is 0. The zero-order valence-electron chi connectivity index (χ0n) is 7.85. The van der Waals surface area contributed by atoms with Crippen LogP contribution in [0.1, 0.15) is 13.8 Å². The third-order valence-corrected chi connectivity index (χ3v) is 1.57. The lowest BCUT2D eigenvalue weighted by Gasteiger charge is -2.18. The van der Waals surface area contributed by atoms with Gasteiger partial charge in [-0.15, -0.1) is 0 Å². The molecule has 0 saturated carbocycles. The molecule has 0 saturated heterocycles. The molecule has 3 nitrogen and oxygen atoms in total. The third-order valence-electron chi connectivity index (χ3n) is 1.57. The number of nitrogens with zero attached hydrogens (tertiary/aromatic N) is 1. The maximum absolute atomic E-state index is 11.2. The number of carbonyl (C=O) groups is 1. The lowest BCUT2D eigenvalue weighted by molar-refractivity contribution is -0.133. The molecular weight excluding hydrogens is 140 g/mol. The summed E-state index contributed by atoms with van der Waals surface area (Å²) in [4.78, 5) is 13.0. The smallest absolute Gasteiger partial charge is 0.224 e. The van der Waals surface area contributed by atoms with Crippen LogP contribution in [0.15, 0.2) is 0 Å². The van der Waals surface area contributed by atoms with Crippen molar-refractivity contribution in [1.82, 2.24) is 10.2 Å². The van der Waals surface area contributed by atoms with Crippen molar-refractivity contribution in [2.24, 2.45) is 5.92 Å². The van der Waals surface area contributed by atoms with Gasteiger partial charge in [0.15, 0.2) is 0 Å². The standard InChI is InChI=1S/C8H18N2O/c1-7(2)8(11)10(4)6-5-9-3/h7,9H,5-6H2,1-4H3.